The molecule has 0 aromatic heterocycles. The van der Waals surface area contributed by atoms with Crippen LogP contribution < -0.4 is 4.74 Å². The van der Waals surface area contributed by atoms with Crippen LogP contribution in [-0.4, -0.2) is 28.7 Å². The highest BCUT2D eigenvalue weighted by molar-refractivity contribution is 5.91. The third-order valence-electron chi connectivity index (χ3n) is 8.72. The van der Waals surface area contributed by atoms with E-state index < -0.39 is 0 Å². The van der Waals surface area contributed by atoms with E-state index in [9.17, 15) is 15.0 Å². The molecule has 1 aromatic carbocycles. The number of hydrogen-bond donors (Lipinski definition) is 2. The minimum atomic E-state index is -0.146. The fourth-order valence-corrected chi connectivity index (χ4v) is 7.31. The number of fused-ring (bicyclic) bond motifs is 5. The zero-order valence-electron chi connectivity index (χ0n) is 17.2. The van der Waals surface area contributed by atoms with Crippen LogP contribution in [0.1, 0.15) is 51.9 Å². The predicted molar refractivity (Wildman–Crippen MR) is 111 cm³/mol. The number of ether oxygens (including phenoxy) is 1. The lowest BCUT2D eigenvalue weighted by Crippen LogP contribution is -2.49. The molecule has 2 N–H and O–H groups in total. The second-order valence-electron chi connectivity index (χ2n) is 10.1. The van der Waals surface area contributed by atoms with Crippen molar-refractivity contribution < 1.29 is 19.7 Å². The zero-order chi connectivity index (χ0) is 20.2. The number of phenols is 1. The Morgan fingerprint density at radius 2 is 1.90 bits per heavy atom. The van der Waals surface area contributed by atoms with Gasteiger partial charge in [-0.15, -0.1) is 0 Å². The number of carbonyl (C=O) groups excluding carboxylic acids is 1. The molecule has 156 valence electrons. The van der Waals surface area contributed by atoms with Gasteiger partial charge in [0.05, 0.1) is 12.7 Å². The first-order valence-corrected chi connectivity index (χ1v) is 11.3. The Balaban J connectivity index is 1.37. The van der Waals surface area contributed by atoms with Gasteiger partial charge in [-0.05, 0) is 98.0 Å². The molecule has 0 spiro atoms. The third-order valence-corrected chi connectivity index (χ3v) is 8.72. The molecular formula is C25H32O4. The first-order valence-electron chi connectivity index (χ1n) is 11.3. The van der Waals surface area contributed by atoms with Crippen LogP contribution in [0.15, 0.2) is 35.9 Å². The molecule has 1 aromatic rings. The fourth-order valence-electron chi connectivity index (χ4n) is 7.31. The van der Waals surface area contributed by atoms with Gasteiger partial charge in [-0.25, -0.2) is 0 Å². The molecule has 0 amide bonds. The number of allylic oxidation sites excluding steroid dienone is 1. The monoisotopic (exact) mass is 396 g/mol. The summed E-state index contributed by atoms with van der Waals surface area (Å²) in [7, 11) is 0. The van der Waals surface area contributed by atoms with E-state index in [1.807, 2.05) is 6.08 Å². The first kappa shape index (κ1) is 19.2. The van der Waals surface area contributed by atoms with E-state index in [1.54, 1.807) is 24.3 Å². The van der Waals surface area contributed by atoms with Crippen LogP contribution in [0.25, 0.3) is 0 Å². The molecule has 29 heavy (non-hydrogen) atoms. The lowest BCUT2D eigenvalue weighted by molar-refractivity contribution is -0.118. The Hall–Kier alpha value is -1.81. The maximum atomic E-state index is 12.4. The molecule has 0 saturated heterocycles. The van der Waals surface area contributed by atoms with Gasteiger partial charge < -0.3 is 14.9 Å². The fraction of sp³-hybridized carbons (Fsp3) is 0.640. The van der Waals surface area contributed by atoms with Crippen LogP contribution in [0.5, 0.6) is 11.5 Å². The summed E-state index contributed by atoms with van der Waals surface area (Å²) in [4.78, 5) is 12.4. The van der Waals surface area contributed by atoms with Gasteiger partial charge in [0.25, 0.3) is 0 Å². The van der Waals surface area contributed by atoms with E-state index in [1.165, 1.54) is 12.0 Å². The molecule has 0 bridgehead atoms. The number of aliphatic hydroxyl groups excluding tert-OH is 1. The lowest BCUT2D eigenvalue weighted by atomic mass is 9.50. The average molecular weight is 397 g/mol. The summed E-state index contributed by atoms with van der Waals surface area (Å²) >= 11 is 0. The Kier molecular flexibility index (Phi) is 4.73. The van der Waals surface area contributed by atoms with Crippen molar-refractivity contribution >= 4 is 5.78 Å². The number of ketones is 1. The molecule has 3 fully saturated rings. The van der Waals surface area contributed by atoms with Crippen molar-refractivity contribution in [1.29, 1.82) is 0 Å². The number of aromatic hydroxyl groups is 1. The van der Waals surface area contributed by atoms with Gasteiger partial charge in [0.2, 0.25) is 0 Å². The summed E-state index contributed by atoms with van der Waals surface area (Å²) in [5, 5.41) is 20.1. The van der Waals surface area contributed by atoms with Crippen molar-refractivity contribution in [3.63, 3.8) is 0 Å². The zero-order valence-corrected chi connectivity index (χ0v) is 17.2. The van der Waals surface area contributed by atoms with Crippen LogP contribution in [0.2, 0.25) is 0 Å². The van der Waals surface area contributed by atoms with Gasteiger partial charge in [-0.3, -0.25) is 4.79 Å². The summed E-state index contributed by atoms with van der Waals surface area (Å²) in [6, 6.07) is 6.84. The molecule has 5 rings (SSSR count). The Morgan fingerprint density at radius 1 is 1.10 bits per heavy atom. The van der Waals surface area contributed by atoms with Gasteiger partial charge in [0.1, 0.15) is 11.5 Å². The normalized spacial score (nSPS) is 41.2. The van der Waals surface area contributed by atoms with Gasteiger partial charge in [-0.2, -0.15) is 0 Å². The van der Waals surface area contributed by atoms with Gasteiger partial charge in [0.15, 0.2) is 5.78 Å². The van der Waals surface area contributed by atoms with E-state index in [2.05, 4.69) is 6.92 Å². The Labute approximate surface area is 173 Å². The maximum Gasteiger partial charge on any atom is 0.156 e. The molecular weight excluding hydrogens is 364 g/mol. The van der Waals surface area contributed by atoms with Crippen molar-refractivity contribution in [1.82, 2.24) is 0 Å². The average Bonchev–Trinajstić information content (AvgIpc) is 3.01. The minimum Gasteiger partial charge on any atom is -0.508 e. The Morgan fingerprint density at radius 3 is 2.69 bits per heavy atom. The predicted octanol–water partition coefficient (Wildman–Crippen LogP) is 4.50. The van der Waals surface area contributed by atoms with Gasteiger partial charge in [0, 0.05) is 12.3 Å². The summed E-state index contributed by atoms with van der Waals surface area (Å²) < 4.78 is 6.07. The summed E-state index contributed by atoms with van der Waals surface area (Å²) in [5.74, 6) is 3.77. The number of rotatable bonds is 3. The standard InChI is InChI=1S/C25H32O4/c1-25-11-10-21-20(22(25)8-9-23(25)28)7-2-15-12-18(27)13-16(24(15)21)14-29-19-5-3-17(26)4-6-19/h3-6,12,16,20-24,26,28H,2,7-11,13-14H2,1H3/t16-,20-,21+,22+,23?,24-,25+/m1/s1. The topological polar surface area (TPSA) is 66.8 Å². The summed E-state index contributed by atoms with van der Waals surface area (Å²) in [6.07, 6.45) is 8.91. The number of phenolic OH excluding ortho intramolecular Hbond substituents is 1. The van der Waals surface area contributed by atoms with E-state index in [0.717, 1.165) is 37.9 Å². The molecule has 4 aliphatic carbocycles. The van der Waals surface area contributed by atoms with E-state index in [-0.39, 0.29) is 29.0 Å². The van der Waals surface area contributed by atoms with Crippen LogP contribution in [0, 0.1) is 35.0 Å². The summed E-state index contributed by atoms with van der Waals surface area (Å²) in [6.45, 7) is 2.86. The molecule has 1 unspecified atom stereocenters. The van der Waals surface area contributed by atoms with E-state index >= 15 is 0 Å². The van der Waals surface area contributed by atoms with E-state index in [4.69, 9.17) is 4.74 Å². The van der Waals surface area contributed by atoms with Crippen LogP contribution in [0.3, 0.4) is 0 Å². The molecule has 4 aliphatic rings. The van der Waals surface area contributed by atoms with Crippen LogP contribution in [-0.2, 0) is 4.79 Å². The SMILES string of the molecule is C[C@]12CC[C@H]3[C@@H](CCC4=CC(=O)C[C@H](COc5ccc(O)cc5)[C@@H]43)[C@@H]1CCC2O. The molecule has 7 atom stereocenters. The number of hydrogen-bond acceptors (Lipinski definition) is 4. The number of aliphatic hydroxyl groups is 1. The van der Waals surface area contributed by atoms with Gasteiger partial charge >= 0.3 is 0 Å². The van der Waals surface area contributed by atoms with Crippen molar-refractivity contribution in [3.05, 3.63) is 35.9 Å². The summed E-state index contributed by atoms with van der Waals surface area (Å²) in [5.41, 5.74) is 1.44. The van der Waals surface area contributed by atoms with Crippen molar-refractivity contribution in [2.75, 3.05) is 6.61 Å². The number of carbonyl (C=O) groups is 1. The molecule has 4 heteroatoms. The highest BCUT2D eigenvalue weighted by Gasteiger charge is 2.57. The van der Waals surface area contributed by atoms with Crippen LogP contribution >= 0.6 is 0 Å². The van der Waals surface area contributed by atoms with Crippen molar-refractivity contribution in [3.8, 4) is 11.5 Å². The molecule has 0 aliphatic heterocycles. The second kappa shape index (κ2) is 7.16. The smallest absolute Gasteiger partial charge is 0.156 e. The minimum absolute atomic E-state index is 0.0882. The molecule has 0 radical (unpaired) electrons. The first-order chi connectivity index (χ1) is 14.0. The highest BCUT2D eigenvalue weighted by atomic mass is 16.5. The van der Waals surface area contributed by atoms with Crippen molar-refractivity contribution in [2.24, 2.45) is 35.0 Å². The quantitative estimate of drug-likeness (QED) is 0.789. The third kappa shape index (κ3) is 3.20. The maximum absolute atomic E-state index is 12.4. The van der Waals surface area contributed by atoms with Crippen LogP contribution in [0.4, 0.5) is 0 Å². The lowest BCUT2D eigenvalue weighted by Gasteiger charge is -2.54. The van der Waals surface area contributed by atoms with E-state index in [0.29, 0.717) is 36.7 Å². The Bertz CT molecular complexity index is 813. The molecule has 3 saturated carbocycles. The number of benzene rings is 1. The highest BCUT2D eigenvalue weighted by Crippen LogP contribution is 2.62. The largest absolute Gasteiger partial charge is 0.508 e. The van der Waals surface area contributed by atoms with Crippen molar-refractivity contribution in [2.45, 2.75) is 58.0 Å². The van der Waals surface area contributed by atoms with Gasteiger partial charge in [-0.1, -0.05) is 12.5 Å². The molecule has 0 heterocycles. The second-order valence-corrected chi connectivity index (χ2v) is 10.1. The molecule has 4 nitrogen and oxygen atoms in total.